The van der Waals surface area contributed by atoms with E-state index in [1.807, 2.05) is 0 Å². The van der Waals surface area contributed by atoms with E-state index in [1.165, 1.54) is 12.3 Å². The average molecular weight is 409 g/mol. The summed E-state index contributed by atoms with van der Waals surface area (Å²) in [7, 11) is 0. The Morgan fingerprint density at radius 1 is 1.29 bits per heavy atom. The first-order valence-corrected chi connectivity index (χ1v) is 9.93. The summed E-state index contributed by atoms with van der Waals surface area (Å²) in [5, 5.41) is 22.5. The smallest absolute Gasteiger partial charge is 0.149 e. The Hall–Kier alpha value is -1.80. The first-order chi connectivity index (χ1) is 13.4. The normalized spacial score (nSPS) is 16.9. The molecule has 2 aromatic rings. The van der Waals surface area contributed by atoms with Crippen LogP contribution in [0.25, 0.3) is 11.3 Å². The monoisotopic (exact) mass is 408 g/mol. The van der Waals surface area contributed by atoms with Gasteiger partial charge in [-0.25, -0.2) is 9.37 Å². The molecule has 0 unspecified atom stereocenters. The van der Waals surface area contributed by atoms with Crippen LogP contribution in [0.3, 0.4) is 0 Å². The Morgan fingerprint density at radius 2 is 2.04 bits per heavy atom. The molecule has 0 spiro atoms. The van der Waals surface area contributed by atoms with Crippen LogP contribution in [0, 0.1) is 5.82 Å². The highest BCUT2D eigenvalue weighted by Gasteiger charge is 2.19. The van der Waals surface area contributed by atoms with E-state index in [2.05, 4.69) is 20.2 Å². The molecule has 1 atom stereocenters. The molecular weight excluding hydrogens is 383 g/mol. The first kappa shape index (κ1) is 20.9. The van der Waals surface area contributed by atoms with E-state index in [9.17, 15) is 14.6 Å². The van der Waals surface area contributed by atoms with Gasteiger partial charge < -0.3 is 15.5 Å². The van der Waals surface area contributed by atoms with E-state index in [0.29, 0.717) is 35.9 Å². The van der Waals surface area contributed by atoms with Gasteiger partial charge in [0.15, 0.2) is 0 Å². The number of hydrogen-bond acceptors (Lipinski definition) is 6. The zero-order valence-corrected chi connectivity index (χ0v) is 16.7. The topological polar surface area (TPSA) is 81.5 Å². The second-order valence-electron chi connectivity index (χ2n) is 7.30. The number of nitrogens with zero attached hydrogens (tertiary/aromatic N) is 3. The second kappa shape index (κ2) is 9.60. The number of pyridine rings is 2. The Bertz CT molecular complexity index is 798. The maximum Gasteiger partial charge on any atom is 0.149 e. The predicted octanol–water partition coefficient (Wildman–Crippen LogP) is 3.08. The zero-order valence-electron chi connectivity index (χ0n) is 15.9. The summed E-state index contributed by atoms with van der Waals surface area (Å²) in [6.45, 7) is 4.43. The van der Waals surface area contributed by atoms with Gasteiger partial charge in [0.2, 0.25) is 0 Å². The lowest BCUT2D eigenvalue weighted by Crippen LogP contribution is -2.35. The largest absolute Gasteiger partial charge is 0.393 e. The molecule has 0 amide bonds. The number of piperidine rings is 1. The maximum atomic E-state index is 14.8. The van der Waals surface area contributed by atoms with Gasteiger partial charge in [-0.15, -0.1) is 0 Å². The molecule has 1 saturated heterocycles. The fourth-order valence-electron chi connectivity index (χ4n) is 3.28. The number of likely N-dealkylation sites (tertiary alicyclic amines) is 1. The number of nitrogens with one attached hydrogen (secondary N) is 1. The highest BCUT2D eigenvalue weighted by atomic mass is 35.5. The van der Waals surface area contributed by atoms with E-state index in [-0.39, 0.29) is 11.8 Å². The summed E-state index contributed by atoms with van der Waals surface area (Å²) in [6, 6.07) is 3.13. The number of halogens is 2. The molecule has 1 aliphatic heterocycles. The Kier molecular flexibility index (Phi) is 7.18. The number of anilines is 1. The lowest BCUT2D eigenvalue weighted by Gasteiger charge is -2.29. The van der Waals surface area contributed by atoms with Crippen molar-refractivity contribution in [1.29, 1.82) is 0 Å². The number of rotatable bonds is 7. The lowest BCUT2D eigenvalue weighted by molar-refractivity contribution is 0.0791. The van der Waals surface area contributed by atoms with Crippen molar-refractivity contribution in [3.05, 3.63) is 41.1 Å². The molecule has 1 fully saturated rings. The molecule has 3 heterocycles. The summed E-state index contributed by atoms with van der Waals surface area (Å²) in [4.78, 5) is 10.6. The van der Waals surface area contributed by atoms with Crippen LogP contribution in [0.4, 0.5) is 10.1 Å². The van der Waals surface area contributed by atoms with Crippen molar-refractivity contribution in [2.75, 3.05) is 25.0 Å². The van der Waals surface area contributed by atoms with Crippen LogP contribution >= 0.6 is 11.6 Å². The number of aliphatic hydroxyl groups excluding tert-OH is 2. The third-order valence-corrected chi connectivity index (χ3v) is 5.07. The molecule has 0 aromatic carbocycles. The molecule has 3 N–H and O–H groups in total. The van der Waals surface area contributed by atoms with Crippen LogP contribution < -0.4 is 5.32 Å². The number of aromatic nitrogens is 2. The van der Waals surface area contributed by atoms with Gasteiger partial charge in [0.05, 0.1) is 12.2 Å². The quantitative estimate of drug-likeness (QED) is 0.611. The predicted molar refractivity (Wildman–Crippen MR) is 108 cm³/mol. The first-order valence-electron chi connectivity index (χ1n) is 9.55. The van der Waals surface area contributed by atoms with Gasteiger partial charge in [-0.1, -0.05) is 11.6 Å². The lowest BCUT2D eigenvalue weighted by atomic mass is 10.1. The summed E-state index contributed by atoms with van der Waals surface area (Å²) in [5.41, 5.74) is 2.16. The van der Waals surface area contributed by atoms with Crippen molar-refractivity contribution >= 4 is 17.3 Å². The molecule has 0 radical (unpaired) electrons. The summed E-state index contributed by atoms with van der Waals surface area (Å²) < 4.78 is 14.8. The fourth-order valence-corrected chi connectivity index (χ4v) is 3.44. The second-order valence-corrected chi connectivity index (χ2v) is 7.69. The van der Waals surface area contributed by atoms with Gasteiger partial charge in [0, 0.05) is 49.8 Å². The fraction of sp³-hybridized carbons (Fsp3) is 0.500. The van der Waals surface area contributed by atoms with E-state index < -0.39 is 11.9 Å². The Balaban J connectivity index is 1.76. The molecule has 28 heavy (non-hydrogen) atoms. The van der Waals surface area contributed by atoms with Gasteiger partial charge in [0.1, 0.15) is 16.7 Å². The highest BCUT2D eigenvalue weighted by Crippen LogP contribution is 2.30. The Morgan fingerprint density at radius 3 is 2.71 bits per heavy atom. The van der Waals surface area contributed by atoms with Gasteiger partial charge in [-0.2, -0.15) is 0 Å². The van der Waals surface area contributed by atoms with Crippen LogP contribution in [0.5, 0.6) is 0 Å². The third kappa shape index (κ3) is 5.61. The van der Waals surface area contributed by atoms with E-state index >= 15 is 0 Å². The molecule has 2 aromatic heterocycles. The molecular formula is C20H26ClFN4O2. The summed E-state index contributed by atoms with van der Waals surface area (Å²) in [6.07, 6.45) is 4.56. The van der Waals surface area contributed by atoms with E-state index in [4.69, 9.17) is 11.6 Å². The van der Waals surface area contributed by atoms with Crippen molar-refractivity contribution in [2.45, 2.75) is 44.9 Å². The SMILES string of the molecule is C[C@@H](O)CCNc1cc(Cl)ncc1-c1ncc(CN2CCC(O)CC2)cc1F. The molecule has 0 aliphatic carbocycles. The highest BCUT2D eigenvalue weighted by molar-refractivity contribution is 6.29. The zero-order chi connectivity index (χ0) is 20.1. The molecule has 152 valence electrons. The number of aliphatic hydroxyl groups is 2. The summed E-state index contributed by atoms with van der Waals surface area (Å²) >= 11 is 5.99. The minimum atomic E-state index is -0.432. The standard InChI is InChI=1S/C20H26ClFN4O2/c1-13(27)2-5-23-18-9-19(21)24-11-16(18)20-17(22)8-14(10-25-20)12-26-6-3-15(28)4-7-26/h8-11,13,15,27-28H,2-7,12H2,1H3,(H,23,24)/t13-/m1/s1. The van der Waals surface area contributed by atoms with Crippen molar-refractivity contribution in [2.24, 2.45) is 0 Å². The maximum absolute atomic E-state index is 14.8. The van der Waals surface area contributed by atoms with E-state index in [1.54, 1.807) is 19.2 Å². The molecule has 6 nitrogen and oxygen atoms in total. The van der Waals surface area contributed by atoms with Crippen molar-refractivity contribution in [3.63, 3.8) is 0 Å². The van der Waals surface area contributed by atoms with Crippen molar-refractivity contribution in [1.82, 2.24) is 14.9 Å². The minimum Gasteiger partial charge on any atom is -0.393 e. The van der Waals surface area contributed by atoms with Gasteiger partial charge in [-0.05, 0) is 43.9 Å². The van der Waals surface area contributed by atoms with Crippen LogP contribution in [-0.4, -0.2) is 56.9 Å². The van der Waals surface area contributed by atoms with Crippen molar-refractivity contribution in [3.8, 4) is 11.3 Å². The van der Waals surface area contributed by atoms with Gasteiger partial charge in [0.25, 0.3) is 0 Å². The Labute approximate surface area is 169 Å². The van der Waals surface area contributed by atoms with Crippen LogP contribution in [0.15, 0.2) is 24.5 Å². The summed E-state index contributed by atoms with van der Waals surface area (Å²) in [5.74, 6) is -0.419. The number of hydrogen-bond donors (Lipinski definition) is 3. The van der Waals surface area contributed by atoms with E-state index in [0.717, 1.165) is 31.5 Å². The van der Waals surface area contributed by atoms with Crippen LogP contribution in [0.2, 0.25) is 5.15 Å². The molecule has 0 bridgehead atoms. The van der Waals surface area contributed by atoms with Crippen LogP contribution in [0.1, 0.15) is 31.7 Å². The third-order valence-electron chi connectivity index (χ3n) is 4.86. The molecule has 8 heteroatoms. The molecule has 3 rings (SSSR count). The molecule has 1 aliphatic rings. The molecule has 0 saturated carbocycles. The average Bonchev–Trinajstić information content (AvgIpc) is 2.64. The van der Waals surface area contributed by atoms with Gasteiger partial charge >= 0.3 is 0 Å². The van der Waals surface area contributed by atoms with Crippen LogP contribution in [-0.2, 0) is 6.54 Å². The van der Waals surface area contributed by atoms with Gasteiger partial charge in [-0.3, -0.25) is 9.88 Å². The minimum absolute atomic E-state index is 0.210. The van der Waals surface area contributed by atoms with Crippen molar-refractivity contribution < 1.29 is 14.6 Å².